The molecule has 5 nitrogen and oxygen atoms in total. The van der Waals surface area contributed by atoms with Gasteiger partial charge in [0.1, 0.15) is 5.75 Å². The highest BCUT2D eigenvalue weighted by Crippen LogP contribution is 2.35. The molecule has 0 amide bonds. The number of rotatable bonds is 8. The molecule has 0 saturated heterocycles. The number of aromatic hydroxyl groups is 1. The van der Waals surface area contributed by atoms with Crippen molar-refractivity contribution in [2.45, 2.75) is 53.5 Å². The predicted molar refractivity (Wildman–Crippen MR) is 138 cm³/mol. The lowest BCUT2D eigenvalue weighted by atomic mass is 9.89. The van der Waals surface area contributed by atoms with Crippen LogP contribution >= 0.6 is 0 Å². The number of hydrogen-bond acceptors (Lipinski definition) is 4. The van der Waals surface area contributed by atoms with Crippen LogP contribution in [0.3, 0.4) is 0 Å². The molecule has 0 radical (unpaired) electrons. The minimum absolute atomic E-state index is 0.0509. The zero-order chi connectivity index (χ0) is 24.4. The lowest BCUT2D eigenvalue weighted by molar-refractivity contribution is -0.110. The van der Waals surface area contributed by atoms with E-state index < -0.39 is 0 Å². The first-order valence-corrected chi connectivity index (χ1v) is 12.1. The molecule has 0 fully saturated rings. The molecule has 0 bridgehead atoms. The fraction of sp³-hybridized carbons (Fsp3) is 0.345. The van der Waals surface area contributed by atoms with Gasteiger partial charge in [-0.2, -0.15) is 0 Å². The Morgan fingerprint density at radius 2 is 1.74 bits per heavy atom. The van der Waals surface area contributed by atoms with E-state index in [1.165, 1.54) is 17.8 Å². The van der Waals surface area contributed by atoms with Crippen LogP contribution in [-0.2, 0) is 17.8 Å². The number of allylic oxidation sites excluding steroid dienone is 1. The van der Waals surface area contributed by atoms with Crippen molar-refractivity contribution in [3.05, 3.63) is 70.4 Å². The molecule has 1 aliphatic rings. The Hall–Kier alpha value is -3.47. The van der Waals surface area contributed by atoms with Crippen LogP contribution in [0.25, 0.3) is 17.0 Å². The van der Waals surface area contributed by atoms with Gasteiger partial charge in [-0.1, -0.05) is 13.8 Å². The topological polar surface area (TPSA) is 71.7 Å². The standard InChI is InChI=1S/C29H32N2O3/c1-5-30-25(15-18(3)4)29(34)21-10-14-27-24(17-21)23-16-20(9-13-26(23)31(27)6-2)28(33)19-7-11-22(32)12-8-19/h7-9,11-13,16-18,32H,5-6,10,14-15H2,1-4H3/b30-25+. The molecule has 176 valence electrons. The smallest absolute Gasteiger partial charge is 0.202 e. The minimum atomic E-state index is -0.0923. The van der Waals surface area contributed by atoms with Crippen LogP contribution in [0.15, 0.2) is 53.0 Å². The molecule has 34 heavy (non-hydrogen) atoms. The van der Waals surface area contributed by atoms with Gasteiger partial charge >= 0.3 is 0 Å². The highest BCUT2D eigenvalue weighted by Gasteiger charge is 2.25. The van der Waals surface area contributed by atoms with E-state index in [0.29, 0.717) is 42.1 Å². The number of Topliss-reactive ketones (excluding diaryl/α,β-unsaturated/α-hetero) is 1. The average Bonchev–Trinajstić information content (AvgIpc) is 3.15. The van der Waals surface area contributed by atoms with Crippen molar-refractivity contribution < 1.29 is 14.7 Å². The lowest BCUT2D eigenvalue weighted by Gasteiger charge is -2.17. The second-order valence-corrected chi connectivity index (χ2v) is 9.23. The number of ketones is 2. The van der Waals surface area contributed by atoms with Gasteiger partial charge in [-0.3, -0.25) is 14.6 Å². The molecule has 4 rings (SSSR count). The molecule has 1 aromatic heterocycles. The van der Waals surface area contributed by atoms with Crippen molar-refractivity contribution >= 4 is 34.3 Å². The number of aromatic nitrogens is 1. The summed E-state index contributed by atoms with van der Waals surface area (Å²) in [6.07, 6.45) is 4.19. The molecule has 0 atom stereocenters. The Labute approximate surface area is 200 Å². The molecule has 0 spiro atoms. The number of fused-ring (bicyclic) bond motifs is 3. The first-order valence-electron chi connectivity index (χ1n) is 12.1. The summed E-state index contributed by atoms with van der Waals surface area (Å²) in [5.74, 6) is 0.455. The van der Waals surface area contributed by atoms with Gasteiger partial charge in [-0.15, -0.1) is 0 Å². The molecule has 5 heteroatoms. The van der Waals surface area contributed by atoms with Crippen LogP contribution in [0.4, 0.5) is 0 Å². The van der Waals surface area contributed by atoms with Crippen molar-refractivity contribution in [1.29, 1.82) is 0 Å². The molecule has 3 aromatic rings. The molecule has 1 heterocycles. The zero-order valence-corrected chi connectivity index (χ0v) is 20.4. The third-order valence-corrected chi connectivity index (χ3v) is 6.38. The predicted octanol–water partition coefficient (Wildman–Crippen LogP) is 6.00. The summed E-state index contributed by atoms with van der Waals surface area (Å²) in [4.78, 5) is 31.0. The number of benzene rings is 2. The Bertz CT molecular complexity index is 1310. The highest BCUT2D eigenvalue weighted by atomic mass is 16.3. The fourth-order valence-electron chi connectivity index (χ4n) is 4.82. The molecule has 0 unspecified atom stereocenters. The maximum atomic E-state index is 13.4. The minimum Gasteiger partial charge on any atom is -0.508 e. The number of carbonyl (C=O) groups excluding carboxylic acids is 2. The molecule has 0 saturated carbocycles. The highest BCUT2D eigenvalue weighted by molar-refractivity contribution is 6.46. The molecule has 0 aliphatic heterocycles. The maximum absolute atomic E-state index is 13.4. The summed E-state index contributed by atoms with van der Waals surface area (Å²) in [7, 11) is 0. The van der Waals surface area contributed by atoms with Crippen LogP contribution in [0.1, 0.15) is 67.7 Å². The molecular weight excluding hydrogens is 424 g/mol. The largest absolute Gasteiger partial charge is 0.508 e. The number of nitrogens with zero attached hydrogens (tertiary/aromatic N) is 2. The second kappa shape index (κ2) is 9.80. The van der Waals surface area contributed by atoms with Gasteiger partial charge in [0.25, 0.3) is 0 Å². The summed E-state index contributed by atoms with van der Waals surface area (Å²) in [5, 5.41) is 10.5. The molecule has 1 aliphatic carbocycles. The fourth-order valence-corrected chi connectivity index (χ4v) is 4.82. The molecule has 1 N–H and O–H groups in total. The van der Waals surface area contributed by atoms with Crippen LogP contribution < -0.4 is 0 Å². The average molecular weight is 457 g/mol. The van der Waals surface area contributed by atoms with Gasteiger partial charge in [0.2, 0.25) is 5.78 Å². The van der Waals surface area contributed by atoms with E-state index in [1.54, 1.807) is 12.1 Å². The van der Waals surface area contributed by atoms with E-state index in [0.717, 1.165) is 35.0 Å². The van der Waals surface area contributed by atoms with E-state index in [4.69, 9.17) is 0 Å². The van der Waals surface area contributed by atoms with Crippen molar-refractivity contribution in [2.24, 2.45) is 10.9 Å². The van der Waals surface area contributed by atoms with E-state index in [-0.39, 0.29) is 17.3 Å². The van der Waals surface area contributed by atoms with Gasteiger partial charge in [-0.25, -0.2) is 0 Å². The van der Waals surface area contributed by atoms with E-state index in [1.807, 2.05) is 31.2 Å². The summed E-state index contributed by atoms with van der Waals surface area (Å²) in [6, 6.07) is 12.1. The number of aliphatic imine (C=N–C) groups is 1. The summed E-state index contributed by atoms with van der Waals surface area (Å²) >= 11 is 0. The number of phenolic OH excluding ortho intramolecular Hbond substituents is 1. The second-order valence-electron chi connectivity index (χ2n) is 9.23. The zero-order valence-electron chi connectivity index (χ0n) is 20.4. The number of aryl methyl sites for hydroxylation is 1. The van der Waals surface area contributed by atoms with Crippen molar-refractivity contribution in [3.63, 3.8) is 0 Å². The number of phenols is 1. The third-order valence-electron chi connectivity index (χ3n) is 6.38. The van der Waals surface area contributed by atoms with Crippen LogP contribution in [-0.4, -0.2) is 33.5 Å². The molecule has 2 aromatic carbocycles. The molecular formula is C29H32N2O3. The van der Waals surface area contributed by atoms with Gasteiger partial charge in [0.05, 0.1) is 5.71 Å². The van der Waals surface area contributed by atoms with Crippen LogP contribution in [0.2, 0.25) is 0 Å². The quantitative estimate of drug-likeness (QED) is 0.334. The van der Waals surface area contributed by atoms with E-state index in [2.05, 4.69) is 30.3 Å². The van der Waals surface area contributed by atoms with Crippen molar-refractivity contribution in [2.75, 3.05) is 6.54 Å². The van der Waals surface area contributed by atoms with Crippen LogP contribution in [0.5, 0.6) is 5.75 Å². The van der Waals surface area contributed by atoms with E-state index >= 15 is 0 Å². The summed E-state index contributed by atoms with van der Waals surface area (Å²) in [5.41, 5.74) is 5.90. The van der Waals surface area contributed by atoms with Gasteiger partial charge in [0.15, 0.2) is 5.78 Å². The van der Waals surface area contributed by atoms with E-state index in [9.17, 15) is 14.7 Å². The van der Waals surface area contributed by atoms with Gasteiger partial charge in [-0.05, 0) is 87.6 Å². The summed E-state index contributed by atoms with van der Waals surface area (Å²) in [6.45, 7) is 9.71. The SMILES string of the molecule is CC/N=C(\CC(C)C)C(=O)C1=Cc2c(n(CC)c3ccc(C(=O)c4ccc(O)cc4)cc23)CC1. The lowest BCUT2D eigenvalue weighted by Crippen LogP contribution is -2.21. The van der Waals surface area contributed by atoms with Crippen molar-refractivity contribution in [1.82, 2.24) is 4.57 Å². The van der Waals surface area contributed by atoms with Gasteiger partial charge < -0.3 is 9.67 Å². The Balaban J connectivity index is 1.79. The number of carbonyl (C=O) groups is 2. The number of hydrogen-bond donors (Lipinski definition) is 1. The first-order chi connectivity index (χ1) is 16.3. The monoisotopic (exact) mass is 456 g/mol. The first kappa shape index (κ1) is 23.7. The summed E-state index contributed by atoms with van der Waals surface area (Å²) < 4.78 is 2.28. The van der Waals surface area contributed by atoms with Crippen LogP contribution in [0, 0.1) is 5.92 Å². The van der Waals surface area contributed by atoms with Gasteiger partial charge in [0, 0.05) is 51.9 Å². The van der Waals surface area contributed by atoms with Crippen molar-refractivity contribution in [3.8, 4) is 5.75 Å². The Morgan fingerprint density at radius 3 is 2.38 bits per heavy atom. The maximum Gasteiger partial charge on any atom is 0.202 e. The third kappa shape index (κ3) is 4.47. The normalized spacial score (nSPS) is 13.8. The Kier molecular flexibility index (Phi) is 6.82. The Morgan fingerprint density at radius 1 is 1.03 bits per heavy atom.